The zero-order valence-corrected chi connectivity index (χ0v) is 12.6. The fourth-order valence-corrected chi connectivity index (χ4v) is 3.68. The van der Waals surface area contributed by atoms with Gasteiger partial charge < -0.3 is 5.11 Å². The normalized spacial score (nSPS) is 17.5. The smallest absolute Gasteiger partial charge is 0.0460 e. The SMILES string of the molecule is Cl.OCC1CCN(Cc2csc3ccccc23)CC1. The van der Waals surface area contributed by atoms with Crippen LogP contribution in [0.3, 0.4) is 0 Å². The Balaban J connectivity index is 0.00000133. The van der Waals surface area contributed by atoms with Crippen molar-refractivity contribution in [1.29, 1.82) is 0 Å². The maximum atomic E-state index is 9.16. The van der Waals surface area contributed by atoms with Crippen LogP contribution in [0, 0.1) is 5.92 Å². The van der Waals surface area contributed by atoms with E-state index in [4.69, 9.17) is 5.11 Å². The Hall–Kier alpha value is -0.610. The Morgan fingerprint density at radius 1 is 1.21 bits per heavy atom. The first kappa shape index (κ1) is 14.8. The monoisotopic (exact) mass is 297 g/mol. The molecule has 1 aliphatic heterocycles. The Labute approximate surface area is 124 Å². The van der Waals surface area contributed by atoms with Crippen LogP contribution in [0.25, 0.3) is 10.1 Å². The van der Waals surface area contributed by atoms with E-state index >= 15 is 0 Å². The number of aliphatic hydroxyl groups excluding tert-OH is 1. The summed E-state index contributed by atoms with van der Waals surface area (Å²) in [7, 11) is 0. The molecule has 104 valence electrons. The van der Waals surface area contributed by atoms with Gasteiger partial charge in [0.25, 0.3) is 0 Å². The van der Waals surface area contributed by atoms with Gasteiger partial charge in [0.2, 0.25) is 0 Å². The van der Waals surface area contributed by atoms with Crippen LogP contribution in [0.4, 0.5) is 0 Å². The predicted molar refractivity (Wildman–Crippen MR) is 84.2 cm³/mol. The van der Waals surface area contributed by atoms with Crippen LogP contribution in [0.5, 0.6) is 0 Å². The molecular weight excluding hydrogens is 278 g/mol. The summed E-state index contributed by atoms with van der Waals surface area (Å²) in [6, 6.07) is 8.65. The van der Waals surface area contributed by atoms with Crippen LogP contribution in [0.2, 0.25) is 0 Å². The predicted octanol–water partition coefficient (Wildman–Crippen LogP) is 3.53. The third-order valence-corrected chi connectivity index (χ3v) is 4.93. The topological polar surface area (TPSA) is 23.5 Å². The van der Waals surface area contributed by atoms with Crippen LogP contribution in [-0.2, 0) is 6.54 Å². The van der Waals surface area contributed by atoms with Crippen molar-refractivity contribution in [3.63, 3.8) is 0 Å². The molecule has 3 rings (SSSR count). The summed E-state index contributed by atoms with van der Waals surface area (Å²) in [4.78, 5) is 2.51. The molecule has 4 heteroatoms. The van der Waals surface area contributed by atoms with Gasteiger partial charge >= 0.3 is 0 Å². The van der Waals surface area contributed by atoms with Crippen molar-refractivity contribution in [2.24, 2.45) is 5.92 Å². The van der Waals surface area contributed by atoms with Gasteiger partial charge in [-0.2, -0.15) is 0 Å². The van der Waals surface area contributed by atoms with E-state index in [2.05, 4.69) is 34.5 Å². The minimum absolute atomic E-state index is 0. The van der Waals surface area contributed by atoms with Gasteiger partial charge in [0, 0.05) is 17.9 Å². The highest BCUT2D eigenvalue weighted by Crippen LogP contribution is 2.28. The van der Waals surface area contributed by atoms with Gasteiger partial charge in [0.15, 0.2) is 0 Å². The van der Waals surface area contributed by atoms with Gasteiger partial charge in [-0.05, 0) is 54.2 Å². The highest BCUT2D eigenvalue weighted by atomic mass is 35.5. The minimum Gasteiger partial charge on any atom is -0.396 e. The molecule has 0 bridgehead atoms. The lowest BCUT2D eigenvalue weighted by Crippen LogP contribution is -2.34. The highest BCUT2D eigenvalue weighted by molar-refractivity contribution is 7.17. The fraction of sp³-hybridized carbons (Fsp3) is 0.467. The highest BCUT2D eigenvalue weighted by Gasteiger charge is 2.19. The van der Waals surface area contributed by atoms with E-state index in [1.165, 1.54) is 15.6 Å². The van der Waals surface area contributed by atoms with Crippen LogP contribution in [0.1, 0.15) is 18.4 Å². The first-order chi connectivity index (χ1) is 8.86. The van der Waals surface area contributed by atoms with Crippen molar-refractivity contribution in [2.45, 2.75) is 19.4 Å². The number of thiophene rings is 1. The number of hydrogen-bond acceptors (Lipinski definition) is 3. The molecule has 1 N–H and O–H groups in total. The first-order valence-electron chi connectivity index (χ1n) is 6.65. The second-order valence-electron chi connectivity index (χ2n) is 5.16. The average Bonchev–Trinajstić information content (AvgIpc) is 2.83. The van der Waals surface area contributed by atoms with Gasteiger partial charge in [0.05, 0.1) is 0 Å². The van der Waals surface area contributed by atoms with E-state index < -0.39 is 0 Å². The standard InChI is InChI=1S/C15H19NOS.ClH/c17-10-12-5-7-16(8-6-12)9-13-11-18-15-4-2-1-3-14(13)15;/h1-4,11-12,17H,5-10H2;1H. The van der Waals surface area contributed by atoms with E-state index in [0.29, 0.717) is 12.5 Å². The van der Waals surface area contributed by atoms with Crippen molar-refractivity contribution >= 4 is 33.8 Å². The van der Waals surface area contributed by atoms with E-state index in [1.807, 2.05) is 11.3 Å². The maximum absolute atomic E-state index is 9.16. The number of hydrogen-bond donors (Lipinski definition) is 1. The summed E-state index contributed by atoms with van der Waals surface area (Å²) in [5, 5.41) is 12.9. The van der Waals surface area contributed by atoms with E-state index in [-0.39, 0.29) is 12.4 Å². The molecule has 2 nitrogen and oxygen atoms in total. The molecule has 2 heterocycles. The molecule has 1 aromatic carbocycles. The molecule has 2 aromatic rings. The molecule has 0 amide bonds. The number of piperidine rings is 1. The van der Waals surface area contributed by atoms with E-state index in [0.717, 1.165) is 32.5 Å². The van der Waals surface area contributed by atoms with Gasteiger partial charge in [-0.3, -0.25) is 4.90 Å². The number of nitrogens with zero attached hydrogens (tertiary/aromatic N) is 1. The van der Waals surface area contributed by atoms with Gasteiger partial charge in [-0.25, -0.2) is 0 Å². The Bertz CT molecular complexity index is 520. The summed E-state index contributed by atoms with van der Waals surface area (Å²) < 4.78 is 1.39. The number of fused-ring (bicyclic) bond motifs is 1. The zero-order chi connectivity index (χ0) is 12.4. The lowest BCUT2D eigenvalue weighted by Gasteiger charge is -2.30. The summed E-state index contributed by atoms with van der Waals surface area (Å²) in [5.41, 5.74) is 1.46. The molecule has 1 aromatic heterocycles. The van der Waals surface area contributed by atoms with Crippen LogP contribution >= 0.6 is 23.7 Å². The van der Waals surface area contributed by atoms with Crippen molar-refractivity contribution in [3.05, 3.63) is 35.2 Å². The molecular formula is C15H20ClNOS. The summed E-state index contributed by atoms with van der Waals surface area (Å²) >= 11 is 1.84. The van der Waals surface area contributed by atoms with Crippen molar-refractivity contribution in [1.82, 2.24) is 4.90 Å². The molecule has 0 saturated carbocycles. The van der Waals surface area contributed by atoms with Crippen molar-refractivity contribution in [2.75, 3.05) is 19.7 Å². The van der Waals surface area contributed by atoms with Crippen LogP contribution in [0.15, 0.2) is 29.6 Å². The second-order valence-corrected chi connectivity index (χ2v) is 6.07. The maximum Gasteiger partial charge on any atom is 0.0460 e. The molecule has 0 aliphatic carbocycles. The van der Waals surface area contributed by atoms with Crippen molar-refractivity contribution in [3.8, 4) is 0 Å². The number of halogens is 1. The van der Waals surface area contributed by atoms with Crippen molar-refractivity contribution < 1.29 is 5.11 Å². The number of benzene rings is 1. The average molecular weight is 298 g/mol. The molecule has 1 fully saturated rings. The van der Waals surface area contributed by atoms with E-state index in [1.54, 1.807) is 0 Å². The lowest BCUT2D eigenvalue weighted by molar-refractivity contribution is 0.128. The van der Waals surface area contributed by atoms with E-state index in [9.17, 15) is 0 Å². The molecule has 0 radical (unpaired) electrons. The number of rotatable bonds is 3. The Morgan fingerprint density at radius 3 is 2.68 bits per heavy atom. The number of aliphatic hydroxyl groups is 1. The van der Waals surface area contributed by atoms with Gasteiger partial charge in [-0.1, -0.05) is 18.2 Å². The molecule has 0 unspecified atom stereocenters. The molecule has 1 saturated heterocycles. The van der Waals surface area contributed by atoms with Gasteiger partial charge in [-0.15, -0.1) is 23.7 Å². The summed E-state index contributed by atoms with van der Waals surface area (Å²) in [5.74, 6) is 0.528. The minimum atomic E-state index is 0. The third kappa shape index (κ3) is 3.29. The molecule has 0 spiro atoms. The Kier molecular flexibility index (Phi) is 5.22. The molecule has 19 heavy (non-hydrogen) atoms. The second kappa shape index (κ2) is 6.71. The third-order valence-electron chi connectivity index (χ3n) is 3.92. The lowest BCUT2D eigenvalue weighted by atomic mass is 9.97. The largest absolute Gasteiger partial charge is 0.396 e. The van der Waals surface area contributed by atoms with Crippen LogP contribution in [-0.4, -0.2) is 29.7 Å². The molecule has 1 aliphatic rings. The summed E-state index contributed by atoms with van der Waals surface area (Å²) in [6.07, 6.45) is 2.27. The first-order valence-corrected chi connectivity index (χ1v) is 7.53. The quantitative estimate of drug-likeness (QED) is 0.937. The zero-order valence-electron chi connectivity index (χ0n) is 10.9. The Morgan fingerprint density at radius 2 is 1.95 bits per heavy atom. The molecule has 0 atom stereocenters. The van der Waals surface area contributed by atoms with Crippen LogP contribution < -0.4 is 0 Å². The fourth-order valence-electron chi connectivity index (χ4n) is 2.72. The van der Waals surface area contributed by atoms with Gasteiger partial charge in [0.1, 0.15) is 0 Å². The summed E-state index contributed by atoms with van der Waals surface area (Å²) in [6.45, 7) is 3.65. The number of likely N-dealkylation sites (tertiary alicyclic amines) is 1.